The summed E-state index contributed by atoms with van der Waals surface area (Å²) >= 11 is 1.46. The number of piperidine rings is 1. The van der Waals surface area contributed by atoms with E-state index in [1.165, 1.54) is 17.8 Å². The fourth-order valence-electron chi connectivity index (χ4n) is 2.25. The molecule has 2 N–H and O–H groups in total. The van der Waals surface area contributed by atoms with E-state index >= 15 is 0 Å². The molecule has 0 saturated carbocycles. The molecular weight excluding hydrogens is 260 g/mol. The van der Waals surface area contributed by atoms with Crippen molar-refractivity contribution >= 4 is 22.3 Å². The molecule has 6 nitrogen and oxygen atoms in total. The van der Waals surface area contributed by atoms with Gasteiger partial charge < -0.3 is 10.6 Å². The topological polar surface area (TPSA) is 75.6 Å². The molecule has 19 heavy (non-hydrogen) atoms. The summed E-state index contributed by atoms with van der Waals surface area (Å²) in [4.78, 5) is 9.17. The van der Waals surface area contributed by atoms with Crippen LogP contribution in [0.2, 0.25) is 0 Å². The summed E-state index contributed by atoms with van der Waals surface area (Å²) in [5, 5.41) is 15.1. The summed E-state index contributed by atoms with van der Waals surface area (Å²) in [6, 6.07) is 1.93. The van der Waals surface area contributed by atoms with Crippen molar-refractivity contribution in [3.05, 3.63) is 23.1 Å². The number of hydrogen-bond acceptors (Lipinski definition) is 7. The van der Waals surface area contributed by atoms with Gasteiger partial charge in [0.05, 0.1) is 0 Å². The number of hydrogen-bond donors (Lipinski definition) is 2. The summed E-state index contributed by atoms with van der Waals surface area (Å²) in [6.07, 6.45) is 2.33. The van der Waals surface area contributed by atoms with Gasteiger partial charge in [-0.1, -0.05) is 11.3 Å². The summed E-state index contributed by atoms with van der Waals surface area (Å²) < 4.78 is 0. The zero-order chi connectivity index (χ0) is 13.1. The van der Waals surface area contributed by atoms with Crippen LogP contribution >= 0.6 is 11.3 Å². The highest BCUT2D eigenvalue weighted by molar-refractivity contribution is 7.13. The van der Waals surface area contributed by atoms with Gasteiger partial charge in [-0.15, -0.1) is 10.2 Å². The van der Waals surface area contributed by atoms with Crippen molar-refractivity contribution in [2.24, 2.45) is 0 Å². The molecule has 7 heteroatoms. The highest BCUT2D eigenvalue weighted by atomic mass is 32.1. The lowest BCUT2D eigenvalue weighted by Gasteiger charge is -2.22. The highest BCUT2D eigenvalue weighted by Crippen LogP contribution is 2.23. The van der Waals surface area contributed by atoms with Gasteiger partial charge in [0.25, 0.3) is 0 Å². The Labute approximate surface area is 115 Å². The lowest BCUT2D eigenvalue weighted by Crippen LogP contribution is -2.29. The summed E-state index contributed by atoms with van der Waals surface area (Å²) in [5.41, 5.74) is 2.67. The maximum absolute atomic E-state index is 4.61. The standard InChI is InChI=1S/C12H16N6S/c1-8-5-10(17-12-18-14-7-19-12)16-11(15-8)9-3-2-4-13-6-9/h5,7,9,13H,2-4,6H2,1H3,(H,15,16,17,18)/t9-/m1/s1. The van der Waals surface area contributed by atoms with Crippen LogP contribution in [-0.4, -0.2) is 33.3 Å². The molecule has 2 aromatic rings. The Hall–Kier alpha value is -1.60. The molecule has 0 spiro atoms. The van der Waals surface area contributed by atoms with Gasteiger partial charge in [-0.25, -0.2) is 9.97 Å². The lowest BCUT2D eigenvalue weighted by molar-refractivity contribution is 0.446. The van der Waals surface area contributed by atoms with Crippen molar-refractivity contribution < 1.29 is 0 Å². The first-order valence-corrected chi connectivity index (χ1v) is 7.29. The minimum atomic E-state index is 0.406. The average Bonchev–Trinajstić information content (AvgIpc) is 2.92. The van der Waals surface area contributed by atoms with Crippen LogP contribution in [0.25, 0.3) is 0 Å². The van der Waals surface area contributed by atoms with E-state index in [0.717, 1.165) is 42.0 Å². The number of aryl methyl sites for hydroxylation is 1. The van der Waals surface area contributed by atoms with E-state index in [-0.39, 0.29) is 0 Å². The fourth-order valence-corrected chi connectivity index (χ4v) is 2.70. The van der Waals surface area contributed by atoms with Crippen LogP contribution in [0.1, 0.15) is 30.3 Å². The Morgan fingerprint density at radius 2 is 2.37 bits per heavy atom. The second-order valence-electron chi connectivity index (χ2n) is 4.66. The van der Waals surface area contributed by atoms with Crippen LogP contribution in [0.15, 0.2) is 11.6 Å². The Morgan fingerprint density at radius 3 is 3.11 bits per heavy atom. The largest absolute Gasteiger partial charge is 0.316 e. The number of nitrogens with one attached hydrogen (secondary N) is 2. The van der Waals surface area contributed by atoms with Gasteiger partial charge in [0.2, 0.25) is 5.13 Å². The third kappa shape index (κ3) is 3.05. The molecule has 0 aliphatic carbocycles. The Balaban J connectivity index is 1.82. The molecule has 1 aliphatic heterocycles. The van der Waals surface area contributed by atoms with Crippen LogP contribution in [-0.2, 0) is 0 Å². The van der Waals surface area contributed by atoms with Crippen LogP contribution in [0.4, 0.5) is 10.9 Å². The van der Waals surface area contributed by atoms with Crippen molar-refractivity contribution in [2.45, 2.75) is 25.7 Å². The maximum atomic E-state index is 4.61. The SMILES string of the molecule is Cc1cc(Nc2nncs2)nc([C@@H]2CCCNC2)n1. The Bertz CT molecular complexity index is 535. The highest BCUT2D eigenvalue weighted by Gasteiger charge is 2.18. The van der Waals surface area contributed by atoms with Crippen LogP contribution in [0, 0.1) is 6.92 Å². The molecule has 0 unspecified atom stereocenters. The van der Waals surface area contributed by atoms with Gasteiger partial charge in [0, 0.05) is 24.2 Å². The first-order chi connectivity index (χ1) is 9.31. The average molecular weight is 276 g/mol. The van der Waals surface area contributed by atoms with Gasteiger partial charge in [0.15, 0.2) is 0 Å². The first kappa shape index (κ1) is 12.4. The third-order valence-corrected chi connectivity index (χ3v) is 3.74. The second kappa shape index (κ2) is 5.58. The van der Waals surface area contributed by atoms with Gasteiger partial charge >= 0.3 is 0 Å². The molecule has 2 aromatic heterocycles. The van der Waals surface area contributed by atoms with Crippen LogP contribution < -0.4 is 10.6 Å². The number of nitrogens with zero attached hydrogens (tertiary/aromatic N) is 4. The number of rotatable bonds is 3. The zero-order valence-corrected chi connectivity index (χ0v) is 11.6. The summed E-state index contributed by atoms with van der Waals surface area (Å²) in [7, 11) is 0. The van der Waals surface area contributed by atoms with Crippen LogP contribution in [0.3, 0.4) is 0 Å². The Morgan fingerprint density at radius 1 is 1.42 bits per heavy atom. The van der Waals surface area contributed by atoms with Crippen molar-refractivity contribution in [1.29, 1.82) is 0 Å². The molecule has 0 bridgehead atoms. The normalized spacial score (nSPS) is 19.3. The third-order valence-electron chi connectivity index (χ3n) is 3.13. The van der Waals surface area contributed by atoms with E-state index in [4.69, 9.17) is 0 Å². The van der Waals surface area contributed by atoms with E-state index in [2.05, 4.69) is 30.8 Å². The molecule has 1 atom stereocenters. The van der Waals surface area contributed by atoms with E-state index in [1.54, 1.807) is 5.51 Å². The molecule has 3 heterocycles. The summed E-state index contributed by atoms with van der Waals surface area (Å²) in [6.45, 7) is 4.05. The van der Waals surface area contributed by atoms with E-state index in [0.29, 0.717) is 5.92 Å². The second-order valence-corrected chi connectivity index (χ2v) is 5.50. The molecule has 3 rings (SSSR count). The molecule has 0 amide bonds. The predicted octanol–water partition coefficient (Wildman–Crippen LogP) is 1.85. The maximum Gasteiger partial charge on any atom is 0.210 e. The number of anilines is 2. The molecule has 0 aromatic carbocycles. The van der Waals surface area contributed by atoms with Crippen LogP contribution in [0.5, 0.6) is 0 Å². The first-order valence-electron chi connectivity index (χ1n) is 6.41. The zero-order valence-electron chi connectivity index (χ0n) is 10.8. The molecule has 1 aliphatic rings. The monoisotopic (exact) mass is 276 g/mol. The van der Waals surface area contributed by atoms with E-state index in [1.807, 2.05) is 13.0 Å². The van der Waals surface area contributed by atoms with Crippen molar-refractivity contribution in [1.82, 2.24) is 25.5 Å². The van der Waals surface area contributed by atoms with Gasteiger partial charge in [-0.3, -0.25) is 0 Å². The minimum absolute atomic E-state index is 0.406. The molecule has 1 saturated heterocycles. The minimum Gasteiger partial charge on any atom is -0.316 e. The smallest absolute Gasteiger partial charge is 0.210 e. The summed E-state index contributed by atoms with van der Waals surface area (Å²) in [5.74, 6) is 2.12. The quantitative estimate of drug-likeness (QED) is 0.891. The molecule has 1 fully saturated rings. The van der Waals surface area contributed by atoms with Gasteiger partial charge in [-0.2, -0.15) is 0 Å². The van der Waals surface area contributed by atoms with Crippen molar-refractivity contribution in [3.63, 3.8) is 0 Å². The van der Waals surface area contributed by atoms with Crippen molar-refractivity contribution in [2.75, 3.05) is 18.4 Å². The number of aromatic nitrogens is 4. The van der Waals surface area contributed by atoms with E-state index in [9.17, 15) is 0 Å². The predicted molar refractivity (Wildman–Crippen MR) is 74.8 cm³/mol. The van der Waals surface area contributed by atoms with Crippen molar-refractivity contribution in [3.8, 4) is 0 Å². The Kier molecular flexibility index (Phi) is 3.65. The van der Waals surface area contributed by atoms with E-state index < -0.39 is 0 Å². The van der Waals surface area contributed by atoms with Gasteiger partial charge in [-0.05, 0) is 26.3 Å². The molecule has 100 valence electrons. The molecular formula is C12H16N6S. The van der Waals surface area contributed by atoms with Gasteiger partial charge in [0.1, 0.15) is 17.2 Å². The molecule has 0 radical (unpaired) electrons. The fraction of sp³-hybridized carbons (Fsp3) is 0.500. The lowest BCUT2D eigenvalue weighted by atomic mass is 9.99.